The van der Waals surface area contributed by atoms with Gasteiger partial charge in [-0.05, 0) is 92.8 Å². The number of fused-ring (bicyclic) bond motifs is 4. The summed E-state index contributed by atoms with van der Waals surface area (Å²) in [5.74, 6) is 0.809. The Morgan fingerprint density at radius 3 is 2.31 bits per heavy atom. The van der Waals surface area contributed by atoms with Gasteiger partial charge in [-0.3, -0.25) is 4.79 Å². The minimum absolute atomic E-state index is 0.0855. The second-order valence-electron chi connectivity index (χ2n) is 15.7. The fourth-order valence-corrected chi connectivity index (χ4v) is 12.5. The molecule has 2 heterocycles. The average Bonchev–Trinajstić information content (AvgIpc) is 3.28. The van der Waals surface area contributed by atoms with Crippen molar-refractivity contribution >= 4 is 5.78 Å². The summed E-state index contributed by atoms with van der Waals surface area (Å²) in [5, 5.41) is 23.4. The van der Waals surface area contributed by atoms with Gasteiger partial charge in [-0.25, -0.2) is 0 Å². The van der Waals surface area contributed by atoms with E-state index in [4.69, 9.17) is 9.47 Å². The maximum atomic E-state index is 12.9. The number of carbonyl (C=O) groups is 1. The maximum Gasteiger partial charge on any atom is 0.199 e. The monoisotopic (exact) mass is 486 g/mol. The van der Waals surface area contributed by atoms with Gasteiger partial charge in [0, 0.05) is 23.2 Å². The van der Waals surface area contributed by atoms with Crippen LogP contribution in [0.3, 0.4) is 0 Å². The van der Waals surface area contributed by atoms with Crippen LogP contribution in [0.25, 0.3) is 0 Å². The van der Waals surface area contributed by atoms with E-state index >= 15 is 0 Å². The Bertz CT molecular complexity index is 999. The lowest BCUT2D eigenvalue weighted by atomic mass is 9.41. The molecule has 0 aromatic heterocycles. The number of ether oxygens (including phenoxy) is 2. The summed E-state index contributed by atoms with van der Waals surface area (Å²) in [6.45, 7) is 15.2. The smallest absolute Gasteiger partial charge is 0.199 e. The van der Waals surface area contributed by atoms with Crippen LogP contribution in [0, 0.1) is 50.7 Å². The van der Waals surface area contributed by atoms with Crippen molar-refractivity contribution in [3.63, 3.8) is 0 Å². The van der Waals surface area contributed by atoms with Gasteiger partial charge < -0.3 is 19.7 Å². The molecule has 0 radical (unpaired) electrons. The Labute approximate surface area is 210 Å². The first-order chi connectivity index (χ1) is 16.1. The highest BCUT2D eigenvalue weighted by Crippen LogP contribution is 2.90. The first kappa shape index (κ1) is 23.6. The molecule has 0 amide bonds. The largest absolute Gasteiger partial charge is 0.388 e. The fourth-order valence-electron chi connectivity index (χ4n) is 12.5. The first-order valence-corrected chi connectivity index (χ1v) is 14.4. The topological polar surface area (TPSA) is 76.0 Å². The van der Waals surface area contributed by atoms with Crippen LogP contribution in [0.5, 0.6) is 0 Å². The third-order valence-corrected chi connectivity index (χ3v) is 13.9. The molecular formula is C30H46O5. The van der Waals surface area contributed by atoms with Crippen LogP contribution in [0.2, 0.25) is 0 Å². The summed E-state index contributed by atoms with van der Waals surface area (Å²) in [4.78, 5) is 12.9. The van der Waals surface area contributed by atoms with Crippen molar-refractivity contribution in [3.8, 4) is 0 Å². The highest BCUT2D eigenvalue weighted by atomic mass is 16.8. The molecule has 5 aliphatic carbocycles. The van der Waals surface area contributed by atoms with Crippen LogP contribution in [0.15, 0.2) is 0 Å². The van der Waals surface area contributed by atoms with E-state index < -0.39 is 23.6 Å². The number of Topliss-reactive ketones (excluding diaryl/α,β-unsaturated/α-hetero) is 1. The summed E-state index contributed by atoms with van der Waals surface area (Å²) in [6.07, 6.45) is 7.03. The van der Waals surface area contributed by atoms with Gasteiger partial charge in [0.15, 0.2) is 5.79 Å². The van der Waals surface area contributed by atoms with E-state index in [1.165, 1.54) is 12.8 Å². The fraction of sp³-hybridized carbons (Fsp3) is 0.967. The molecule has 0 aromatic rings. The molecule has 7 aliphatic rings. The number of hydrogen-bond acceptors (Lipinski definition) is 5. The zero-order chi connectivity index (χ0) is 25.2. The quantitative estimate of drug-likeness (QED) is 0.553. The van der Waals surface area contributed by atoms with Crippen LogP contribution >= 0.6 is 0 Å². The Kier molecular flexibility index (Phi) is 4.19. The summed E-state index contributed by atoms with van der Waals surface area (Å²) < 4.78 is 13.5. The van der Waals surface area contributed by atoms with Gasteiger partial charge >= 0.3 is 0 Å². The van der Waals surface area contributed by atoms with Crippen LogP contribution in [-0.2, 0) is 14.3 Å². The summed E-state index contributed by atoms with van der Waals surface area (Å²) in [5.41, 5.74) is -1.13. The number of ketones is 1. The summed E-state index contributed by atoms with van der Waals surface area (Å²) in [7, 11) is 0. The number of aliphatic hydroxyl groups is 2. The van der Waals surface area contributed by atoms with E-state index in [1.54, 1.807) is 0 Å². The highest BCUT2D eigenvalue weighted by molar-refractivity contribution is 5.86. The van der Waals surface area contributed by atoms with Gasteiger partial charge in [0.2, 0.25) is 0 Å². The summed E-state index contributed by atoms with van der Waals surface area (Å²) in [6, 6.07) is 0. The zero-order valence-electron chi connectivity index (χ0n) is 22.8. The molecule has 7 rings (SSSR count). The van der Waals surface area contributed by atoms with Crippen molar-refractivity contribution in [1.29, 1.82) is 0 Å². The van der Waals surface area contributed by atoms with Crippen LogP contribution in [0.4, 0.5) is 0 Å². The molecule has 35 heavy (non-hydrogen) atoms. The molecule has 2 N–H and O–H groups in total. The molecule has 2 saturated heterocycles. The third-order valence-electron chi connectivity index (χ3n) is 13.9. The lowest BCUT2D eigenvalue weighted by Gasteiger charge is -2.62. The minimum atomic E-state index is -1.03. The second kappa shape index (κ2) is 6.21. The average molecular weight is 487 g/mol. The molecule has 12 atom stereocenters. The SMILES string of the molecule is C[C@@H]1C[C@H]2O[C@@]3(O[C@H]2C(C)(C)O)[C@@H](O)[C@@]2(C)[C@@H]4CC[C@H]5C(C)(C)C(=O)CC[C@@]56C[C@@]46CC[C@]2(C)[C@@H]13. The molecular weight excluding hydrogens is 440 g/mol. The van der Waals surface area contributed by atoms with Gasteiger partial charge in [0.1, 0.15) is 18.0 Å². The van der Waals surface area contributed by atoms with E-state index in [1.807, 2.05) is 13.8 Å². The predicted octanol–water partition coefficient (Wildman–Crippen LogP) is 4.87. The summed E-state index contributed by atoms with van der Waals surface area (Å²) >= 11 is 0. The Morgan fingerprint density at radius 2 is 1.63 bits per heavy atom. The molecule has 5 nitrogen and oxygen atoms in total. The third kappa shape index (κ3) is 2.25. The first-order valence-electron chi connectivity index (χ1n) is 14.4. The Balaban J connectivity index is 1.33. The van der Waals surface area contributed by atoms with Crippen LogP contribution < -0.4 is 0 Å². The normalized spacial score (nSPS) is 61.9. The van der Waals surface area contributed by atoms with E-state index in [0.29, 0.717) is 23.5 Å². The molecule has 2 bridgehead atoms. The van der Waals surface area contributed by atoms with E-state index in [9.17, 15) is 15.0 Å². The van der Waals surface area contributed by atoms with Gasteiger partial charge in [-0.1, -0.05) is 34.6 Å². The maximum absolute atomic E-state index is 12.9. The zero-order valence-corrected chi connectivity index (χ0v) is 22.8. The van der Waals surface area contributed by atoms with E-state index in [0.717, 1.165) is 38.5 Å². The van der Waals surface area contributed by atoms with Gasteiger partial charge in [0.05, 0.1) is 11.7 Å². The number of carbonyl (C=O) groups excluding carboxylic acids is 1. The molecule has 3 spiro atoms. The highest BCUT2D eigenvalue weighted by Gasteiger charge is 2.88. The molecule has 196 valence electrons. The minimum Gasteiger partial charge on any atom is -0.388 e. The molecule has 0 aromatic carbocycles. The Morgan fingerprint density at radius 1 is 0.971 bits per heavy atom. The van der Waals surface area contributed by atoms with Crippen molar-refractivity contribution < 1.29 is 24.5 Å². The molecule has 5 heteroatoms. The molecule has 2 aliphatic heterocycles. The van der Waals surface area contributed by atoms with E-state index in [2.05, 4.69) is 34.6 Å². The van der Waals surface area contributed by atoms with Crippen molar-refractivity contribution in [2.75, 3.05) is 0 Å². The number of hydrogen-bond donors (Lipinski definition) is 2. The number of aliphatic hydroxyl groups excluding tert-OH is 1. The van der Waals surface area contributed by atoms with Crippen molar-refractivity contribution in [2.24, 2.45) is 50.7 Å². The van der Waals surface area contributed by atoms with Crippen molar-refractivity contribution in [2.45, 2.75) is 130 Å². The van der Waals surface area contributed by atoms with Gasteiger partial charge in [-0.2, -0.15) is 0 Å². The van der Waals surface area contributed by atoms with Crippen molar-refractivity contribution in [3.05, 3.63) is 0 Å². The second-order valence-corrected chi connectivity index (χ2v) is 15.7. The number of rotatable bonds is 1. The standard InChI is InChI=1S/C30H46O5/c1-16-14-17-22(25(4,5)33)35-30(34-17)21(16)26(6)12-13-29-15-28(29)11-10-20(31)24(2,3)18(28)8-9-19(29)27(26,7)23(30)32/h16-19,21-23,32-33H,8-15H2,1-7H3/t16-,17-,18+,19+,21-,22-,23+,26-,27-,28-,29+,30+/m1/s1. The van der Waals surface area contributed by atoms with Crippen LogP contribution in [-0.4, -0.2) is 45.7 Å². The lowest BCUT2D eigenvalue weighted by Crippen LogP contribution is -2.59. The van der Waals surface area contributed by atoms with E-state index in [-0.39, 0.29) is 39.1 Å². The van der Waals surface area contributed by atoms with Crippen LogP contribution in [0.1, 0.15) is 99.8 Å². The van der Waals surface area contributed by atoms with Gasteiger partial charge in [0.25, 0.3) is 0 Å². The Hall–Kier alpha value is -0.490. The molecule has 7 fully saturated rings. The van der Waals surface area contributed by atoms with Crippen molar-refractivity contribution in [1.82, 2.24) is 0 Å². The van der Waals surface area contributed by atoms with Gasteiger partial charge in [-0.15, -0.1) is 0 Å². The molecule has 0 unspecified atom stereocenters. The molecule has 5 saturated carbocycles. The lowest BCUT2D eigenvalue weighted by molar-refractivity contribution is -0.282. The predicted molar refractivity (Wildman–Crippen MR) is 131 cm³/mol.